The molecule has 8 rings (SSSR count). The summed E-state index contributed by atoms with van der Waals surface area (Å²) in [6, 6.07) is 36.9. The van der Waals surface area contributed by atoms with Crippen molar-refractivity contribution in [1.82, 2.24) is 30.8 Å². The number of piperidine rings is 2. The van der Waals surface area contributed by atoms with E-state index in [0.29, 0.717) is 47.9 Å². The van der Waals surface area contributed by atoms with Gasteiger partial charge in [0.25, 0.3) is 0 Å². The fraction of sp³-hybridized carbons (Fsp3) is 0.333. The Balaban J connectivity index is 0.000000204. The lowest BCUT2D eigenvalue weighted by Gasteiger charge is -2.32. The second-order valence-corrected chi connectivity index (χ2v) is 18.7. The number of hydrogen-bond acceptors (Lipinski definition) is 10. The fourth-order valence-corrected chi connectivity index (χ4v) is 8.49. The molecular weight excluding hydrogens is 1090 g/mol. The predicted molar refractivity (Wildman–Crippen MR) is 277 cm³/mol. The molecule has 2 atom stereocenters. The first-order valence-corrected chi connectivity index (χ1v) is 25.8. The van der Waals surface area contributed by atoms with Gasteiger partial charge < -0.3 is 34.9 Å². The van der Waals surface area contributed by atoms with Crippen LogP contribution in [0.2, 0.25) is 10.0 Å². The van der Waals surface area contributed by atoms with Gasteiger partial charge in [-0.25, -0.2) is 0 Å². The Bertz CT molecular complexity index is 2650. The molecule has 2 saturated heterocycles. The van der Waals surface area contributed by atoms with E-state index in [1.165, 1.54) is 36.4 Å². The van der Waals surface area contributed by atoms with Crippen molar-refractivity contribution in [1.29, 1.82) is 0 Å². The summed E-state index contributed by atoms with van der Waals surface area (Å²) in [6.45, 7) is 4.15. The van der Waals surface area contributed by atoms with Gasteiger partial charge in [-0.3, -0.25) is 24.5 Å². The highest BCUT2D eigenvalue weighted by molar-refractivity contribution is 9.09. The lowest BCUT2D eigenvalue weighted by Crippen LogP contribution is -2.43. The van der Waals surface area contributed by atoms with Gasteiger partial charge in [-0.05, 0) is 136 Å². The minimum absolute atomic E-state index is 0.0388. The van der Waals surface area contributed by atoms with Gasteiger partial charge >= 0.3 is 12.7 Å². The van der Waals surface area contributed by atoms with Gasteiger partial charge in [-0.1, -0.05) is 99.8 Å². The van der Waals surface area contributed by atoms with E-state index in [-0.39, 0.29) is 65.9 Å². The smallest absolute Gasteiger partial charge is 0.489 e. The second-order valence-electron chi connectivity index (χ2n) is 17.0. The molecule has 0 bridgehead atoms. The summed E-state index contributed by atoms with van der Waals surface area (Å²) in [6.07, 6.45) is -2.97. The Morgan fingerprint density at radius 2 is 0.987 bits per heavy atom. The van der Waals surface area contributed by atoms with E-state index >= 15 is 0 Å². The summed E-state index contributed by atoms with van der Waals surface area (Å²) in [7, 11) is 0. The number of likely N-dealkylation sites (tertiary alicyclic amines) is 1. The van der Waals surface area contributed by atoms with Crippen LogP contribution in [-0.2, 0) is 9.59 Å². The molecule has 400 valence electrons. The number of aromatic nitrogens is 2. The summed E-state index contributed by atoms with van der Waals surface area (Å²) < 4.78 is 92.1. The van der Waals surface area contributed by atoms with Crippen molar-refractivity contribution in [2.75, 3.05) is 51.3 Å². The third kappa shape index (κ3) is 19.8. The summed E-state index contributed by atoms with van der Waals surface area (Å²) in [5.41, 5.74) is 3.44. The minimum Gasteiger partial charge on any atom is -0.489 e. The van der Waals surface area contributed by atoms with E-state index < -0.39 is 18.8 Å². The molecule has 12 nitrogen and oxygen atoms in total. The SMILES string of the molecule is FC(F)(F)Oc1ccccc1OCCBr.O=C(NC(c1ccc(Cl)cc1)c1ccccn1)C1CCN(CCOc2ccccc2OC(F)(F)F)CC1.O=C(NC(c1ccc(Cl)cc1)c1ccccn1)C1CCNCC1. The normalized spacial score (nSPS) is 15.1. The van der Waals surface area contributed by atoms with Gasteiger partial charge in [0.15, 0.2) is 23.0 Å². The largest absolute Gasteiger partial charge is 0.573 e. The first-order valence-electron chi connectivity index (χ1n) is 23.9. The average Bonchev–Trinajstić information content (AvgIpc) is 3.41. The highest BCUT2D eigenvalue weighted by Gasteiger charge is 2.34. The van der Waals surface area contributed by atoms with Gasteiger partial charge in [-0.15, -0.1) is 26.3 Å². The Kier molecular flexibility index (Phi) is 22.7. The molecule has 6 aromatic rings. The molecule has 0 aliphatic carbocycles. The molecule has 0 saturated carbocycles. The van der Waals surface area contributed by atoms with Crippen LogP contribution in [0.3, 0.4) is 0 Å². The zero-order valence-electron chi connectivity index (χ0n) is 40.3. The third-order valence-electron chi connectivity index (χ3n) is 11.8. The van der Waals surface area contributed by atoms with Gasteiger partial charge in [0, 0.05) is 46.1 Å². The number of alkyl halides is 7. The number of halogens is 9. The molecule has 4 aromatic carbocycles. The van der Waals surface area contributed by atoms with Crippen molar-refractivity contribution in [3.63, 3.8) is 0 Å². The lowest BCUT2D eigenvalue weighted by molar-refractivity contribution is -0.276. The highest BCUT2D eigenvalue weighted by Crippen LogP contribution is 2.34. The number of carbonyl (C=O) groups is 2. The Morgan fingerprint density at radius 3 is 1.39 bits per heavy atom. The molecule has 0 spiro atoms. The molecule has 2 amide bonds. The molecule has 0 radical (unpaired) electrons. The number of carbonyl (C=O) groups excluding carboxylic acids is 2. The maximum Gasteiger partial charge on any atom is 0.573 e. The molecule has 75 heavy (non-hydrogen) atoms. The summed E-state index contributed by atoms with van der Waals surface area (Å²) in [5, 5.41) is 11.4. The fourth-order valence-electron chi connectivity index (χ4n) is 8.07. The Labute approximate surface area is 449 Å². The number of rotatable bonds is 17. The quantitative estimate of drug-likeness (QED) is 0.0598. The van der Waals surface area contributed by atoms with E-state index in [9.17, 15) is 35.9 Å². The van der Waals surface area contributed by atoms with Crippen molar-refractivity contribution >= 4 is 50.9 Å². The minimum atomic E-state index is -4.79. The molecule has 4 heterocycles. The van der Waals surface area contributed by atoms with E-state index in [4.69, 9.17) is 32.7 Å². The number of amides is 2. The van der Waals surface area contributed by atoms with Crippen LogP contribution >= 0.6 is 39.1 Å². The Hall–Kier alpha value is -6.12. The number of ether oxygens (including phenoxy) is 4. The van der Waals surface area contributed by atoms with E-state index in [1.807, 2.05) is 72.8 Å². The van der Waals surface area contributed by atoms with Crippen LogP contribution in [0.1, 0.15) is 60.3 Å². The number of nitrogens with one attached hydrogen (secondary N) is 3. The summed E-state index contributed by atoms with van der Waals surface area (Å²) in [4.78, 5) is 36.8. The van der Waals surface area contributed by atoms with Crippen LogP contribution < -0.4 is 34.9 Å². The monoisotopic (exact) mass is 1150 g/mol. The van der Waals surface area contributed by atoms with E-state index in [2.05, 4.69) is 56.2 Å². The summed E-state index contributed by atoms with van der Waals surface area (Å²) >= 11 is 15.1. The molecule has 2 aliphatic rings. The highest BCUT2D eigenvalue weighted by atomic mass is 79.9. The molecular formula is C54H55BrCl2F6N6O6. The molecule has 3 N–H and O–H groups in total. The van der Waals surface area contributed by atoms with E-state index in [0.717, 1.165) is 48.4 Å². The van der Waals surface area contributed by atoms with Gasteiger partial charge in [0.2, 0.25) is 11.8 Å². The third-order valence-corrected chi connectivity index (χ3v) is 12.6. The second kappa shape index (κ2) is 29.3. The molecule has 2 fully saturated rings. The average molecular weight is 1150 g/mol. The van der Waals surface area contributed by atoms with Crippen molar-refractivity contribution in [3.05, 3.63) is 178 Å². The van der Waals surface area contributed by atoms with Gasteiger partial charge in [-0.2, -0.15) is 0 Å². The molecule has 21 heteroatoms. The van der Waals surface area contributed by atoms with Crippen LogP contribution in [0.4, 0.5) is 26.3 Å². The van der Waals surface area contributed by atoms with Crippen molar-refractivity contribution in [2.24, 2.45) is 11.8 Å². The van der Waals surface area contributed by atoms with Crippen LogP contribution in [0.25, 0.3) is 0 Å². The molecule has 2 unspecified atom stereocenters. The maximum absolute atomic E-state index is 13.2. The van der Waals surface area contributed by atoms with Crippen molar-refractivity contribution < 1.29 is 54.9 Å². The molecule has 2 aliphatic heterocycles. The van der Waals surface area contributed by atoms with Gasteiger partial charge in [0.1, 0.15) is 6.61 Å². The van der Waals surface area contributed by atoms with Crippen LogP contribution in [0.15, 0.2) is 146 Å². The summed E-state index contributed by atoms with van der Waals surface area (Å²) in [5.74, 6) is -0.617. The number of pyridine rings is 2. The Morgan fingerprint density at radius 1 is 0.587 bits per heavy atom. The first kappa shape index (κ1) is 58.1. The van der Waals surface area contributed by atoms with Crippen LogP contribution in [0.5, 0.6) is 23.0 Å². The van der Waals surface area contributed by atoms with Gasteiger partial charge in [0.05, 0.1) is 30.1 Å². The molecule has 2 aromatic heterocycles. The van der Waals surface area contributed by atoms with Crippen LogP contribution in [-0.4, -0.2) is 90.7 Å². The first-order chi connectivity index (χ1) is 36.0. The maximum atomic E-state index is 13.2. The van der Waals surface area contributed by atoms with Crippen LogP contribution in [0, 0.1) is 11.8 Å². The topological polar surface area (TPSA) is 136 Å². The zero-order valence-corrected chi connectivity index (χ0v) is 43.4. The van der Waals surface area contributed by atoms with E-state index in [1.54, 1.807) is 36.7 Å². The number of benzene rings is 4. The van der Waals surface area contributed by atoms with Crippen molar-refractivity contribution in [3.8, 4) is 23.0 Å². The zero-order chi connectivity index (χ0) is 53.6. The lowest BCUT2D eigenvalue weighted by atomic mass is 9.94. The number of hydrogen-bond donors (Lipinski definition) is 3. The predicted octanol–water partition coefficient (Wildman–Crippen LogP) is 11.9. The standard InChI is InChI=1S/C27H27ClF3N3O3.C18H20ClN3O.C9H8BrF3O2/c28-21-10-8-19(9-11-21)25(22-5-3-4-14-32-22)33-26(35)20-12-15-34(16-13-20)17-18-36-23-6-1-2-7-24(23)37-27(29,30)31;19-15-6-4-13(5-7-15)17(16-3-1-2-10-21-16)22-18(23)14-8-11-20-12-9-14;10-5-6-14-7-3-1-2-4-8(7)15-9(11,12)13/h1-11,14,20,25H,12-13,15-18H2,(H,33,35);1-7,10,14,17,20H,8-9,11-12H2,(H,22,23);1-4H,5-6H2. The van der Waals surface area contributed by atoms with Crippen molar-refractivity contribution in [2.45, 2.75) is 50.5 Å². The number of nitrogens with zero attached hydrogens (tertiary/aromatic N) is 3. The number of para-hydroxylation sites is 4.